The van der Waals surface area contributed by atoms with E-state index < -0.39 is 4.92 Å². The molecule has 0 spiro atoms. The smallest absolute Gasteiger partial charge is 0.310 e. The lowest BCUT2D eigenvalue weighted by Gasteiger charge is -2.06. The van der Waals surface area contributed by atoms with Gasteiger partial charge in [-0.2, -0.15) is 0 Å². The number of nitrogens with zero attached hydrogens (tertiary/aromatic N) is 4. The van der Waals surface area contributed by atoms with Gasteiger partial charge in [0, 0.05) is 4.90 Å². The quantitative estimate of drug-likeness (QED) is 0.282. The lowest BCUT2D eigenvalue weighted by molar-refractivity contribution is -0.387. The molecule has 2 aromatic heterocycles. The fourth-order valence-corrected chi connectivity index (χ4v) is 4.36. The lowest BCUT2D eigenvalue weighted by Crippen LogP contribution is -2.02. The number of anilines is 2. The van der Waals surface area contributed by atoms with E-state index in [1.807, 2.05) is 55.5 Å². The molecule has 2 aromatic carbocycles. The maximum Gasteiger partial charge on any atom is 0.344 e. The van der Waals surface area contributed by atoms with Gasteiger partial charge < -0.3 is 5.32 Å². The molecular weight excluding hydrogens is 382 g/mol. The molecule has 0 aliphatic carbocycles. The molecule has 0 amide bonds. The number of nitro groups is 1. The Kier molecular flexibility index (Phi) is 4.69. The maximum absolute atomic E-state index is 11.7. The van der Waals surface area contributed by atoms with E-state index in [2.05, 4.69) is 20.3 Å². The maximum atomic E-state index is 11.7. The first-order valence-electron chi connectivity index (χ1n) is 7.97. The van der Waals surface area contributed by atoms with Gasteiger partial charge in [0.25, 0.3) is 0 Å². The standard InChI is InChI=1S/C18H13N5O2S2/c1-11-6-5-9-13-14(11)21-18(27-13)22-16-15(23(24)25)17(20-10-19-16)26-12-7-3-2-4-8-12/h2-10H,1H3,(H,19,20,21,22). The van der Waals surface area contributed by atoms with Crippen LogP contribution in [0.2, 0.25) is 0 Å². The second-order valence-corrected chi connectivity index (χ2v) is 7.71. The van der Waals surface area contributed by atoms with Crippen molar-refractivity contribution in [1.82, 2.24) is 15.0 Å². The molecule has 0 fully saturated rings. The summed E-state index contributed by atoms with van der Waals surface area (Å²) in [5.41, 5.74) is 1.76. The summed E-state index contributed by atoms with van der Waals surface area (Å²) < 4.78 is 1.01. The Morgan fingerprint density at radius 3 is 2.67 bits per heavy atom. The number of hydrogen-bond donors (Lipinski definition) is 1. The third-order valence-corrected chi connectivity index (χ3v) is 5.71. The van der Waals surface area contributed by atoms with E-state index in [0.717, 1.165) is 20.7 Å². The van der Waals surface area contributed by atoms with Gasteiger partial charge in [-0.25, -0.2) is 15.0 Å². The Morgan fingerprint density at radius 1 is 1.11 bits per heavy atom. The van der Waals surface area contributed by atoms with Crippen LogP contribution in [0.15, 0.2) is 64.8 Å². The van der Waals surface area contributed by atoms with Crippen LogP contribution in [0, 0.1) is 17.0 Å². The Hall–Kier alpha value is -3.04. The molecule has 0 saturated heterocycles. The normalized spacial score (nSPS) is 10.9. The lowest BCUT2D eigenvalue weighted by atomic mass is 10.2. The van der Waals surface area contributed by atoms with Gasteiger partial charge >= 0.3 is 5.69 Å². The van der Waals surface area contributed by atoms with Crippen molar-refractivity contribution in [3.63, 3.8) is 0 Å². The van der Waals surface area contributed by atoms with Crippen LogP contribution >= 0.6 is 23.1 Å². The van der Waals surface area contributed by atoms with Crippen LogP contribution < -0.4 is 5.32 Å². The first kappa shape index (κ1) is 17.4. The summed E-state index contributed by atoms with van der Waals surface area (Å²) in [6, 6.07) is 15.3. The number of benzene rings is 2. The zero-order valence-corrected chi connectivity index (χ0v) is 15.8. The minimum Gasteiger partial charge on any atom is -0.310 e. The first-order valence-corrected chi connectivity index (χ1v) is 9.60. The van der Waals surface area contributed by atoms with Crippen LogP contribution in [0.4, 0.5) is 16.6 Å². The predicted molar refractivity (Wildman–Crippen MR) is 107 cm³/mol. The van der Waals surface area contributed by atoms with Crippen LogP contribution in [0.5, 0.6) is 0 Å². The second-order valence-electron chi connectivity index (χ2n) is 5.61. The molecule has 2 heterocycles. The highest BCUT2D eigenvalue weighted by Crippen LogP contribution is 2.38. The van der Waals surface area contributed by atoms with E-state index in [-0.39, 0.29) is 16.5 Å². The SMILES string of the molecule is Cc1cccc2sc(Nc3ncnc(Sc4ccccc4)c3[N+](=O)[O-])nc12. The fourth-order valence-electron chi connectivity index (χ4n) is 2.53. The molecule has 134 valence electrons. The van der Waals surface area contributed by atoms with Crippen molar-refractivity contribution in [2.24, 2.45) is 0 Å². The number of thiazole rings is 1. The molecular formula is C18H13N5O2S2. The van der Waals surface area contributed by atoms with Crippen LogP contribution in [-0.2, 0) is 0 Å². The number of aromatic nitrogens is 3. The summed E-state index contributed by atoms with van der Waals surface area (Å²) in [5, 5.41) is 15.5. The van der Waals surface area contributed by atoms with E-state index in [1.54, 1.807) is 0 Å². The van der Waals surface area contributed by atoms with Gasteiger partial charge in [-0.05, 0) is 30.7 Å². The first-order chi connectivity index (χ1) is 13.1. The zero-order chi connectivity index (χ0) is 18.8. The van der Waals surface area contributed by atoms with Gasteiger partial charge in [-0.1, -0.05) is 53.4 Å². The highest BCUT2D eigenvalue weighted by molar-refractivity contribution is 7.99. The average molecular weight is 395 g/mol. The van der Waals surface area contributed by atoms with Gasteiger partial charge in [0.2, 0.25) is 5.82 Å². The molecule has 0 aliphatic rings. The summed E-state index contributed by atoms with van der Waals surface area (Å²) in [4.78, 5) is 24.8. The van der Waals surface area contributed by atoms with Crippen LogP contribution in [0.1, 0.15) is 5.56 Å². The molecule has 0 unspecified atom stereocenters. The number of nitrogens with one attached hydrogen (secondary N) is 1. The molecule has 27 heavy (non-hydrogen) atoms. The highest BCUT2D eigenvalue weighted by atomic mass is 32.2. The number of para-hydroxylation sites is 1. The minimum absolute atomic E-state index is 0.130. The Morgan fingerprint density at radius 2 is 1.93 bits per heavy atom. The minimum atomic E-state index is -0.466. The van der Waals surface area contributed by atoms with E-state index >= 15 is 0 Å². The molecule has 0 aliphatic heterocycles. The molecule has 1 N–H and O–H groups in total. The molecule has 7 nitrogen and oxygen atoms in total. The van der Waals surface area contributed by atoms with E-state index in [1.165, 1.54) is 29.4 Å². The molecule has 0 radical (unpaired) electrons. The summed E-state index contributed by atoms with van der Waals surface area (Å²) in [6.07, 6.45) is 1.32. The summed E-state index contributed by atoms with van der Waals surface area (Å²) in [6.45, 7) is 1.98. The zero-order valence-electron chi connectivity index (χ0n) is 14.1. The van der Waals surface area contributed by atoms with Crippen LogP contribution in [0.25, 0.3) is 10.2 Å². The topological polar surface area (TPSA) is 93.8 Å². The third-order valence-electron chi connectivity index (χ3n) is 3.78. The Labute approximate surface area is 162 Å². The predicted octanol–water partition coefficient (Wildman–Crippen LogP) is 5.20. The fraction of sp³-hybridized carbons (Fsp3) is 0.0556. The van der Waals surface area contributed by atoms with Gasteiger partial charge in [0.15, 0.2) is 10.2 Å². The van der Waals surface area contributed by atoms with Crippen molar-refractivity contribution < 1.29 is 4.92 Å². The number of hydrogen-bond acceptors (Lipinski definition) is 8. The van der Waals surface area contributed by atoms with Gasteiger partial charge in [-0.3, -0.25) is 10.1 Å². The van der Waals surface area contributed by atoms with E-state index in [4.69, 9.17) is 0 Å². The molecule has 0 saturated carbocycles. The third kappa shape index (κ3) is 3.60. The summed E-state index contributed by atoms with van der Waals surface area (Å²) in [5.74, 6) is 0.130. The van der Waals surface area contributed by atoms with Gasteiger partial charge in [-0.15, -0.1) is 0 Å². The van der Waals surface area contributed by atoms with E-state index in [9.17, 15) is 10.1 Å². The summed E-state index contributed by atoms with van der Waals surface area (Å²) in [7, 11) is 0. The van der Waals surface area contributed by atoms with Crippen molar-refractivity contribution in [2.45, 2.75) is 16.8 Å². The second kappa shape index (κ2) is 7.29. The van der Waals surface area contributed by atoms with Crippen LogP contribution in [0.3, 0.4) is 0 Å². The van der Waals surface area contributed by atoms with Crippen LogP contribution in [-0.4, -0.2) is 19.9 Å². The molecule has 9 heteroatoms. The number of aryl methyl sites for hydroxylation is 1. The largest absolute Gasteiger partial charge is 0.344 e. The molecule has 4 aromatic rings. The Balaban J connectivity index is 1.72. The monoisotopic (exact) mass is 395 g/mol. The van der Waals surface area contributed by atoms with Crippen molar-refractivity contribution in [3.8, 4) is 0 Å². The van der Waals surface area contributed by atoms with Crippen molar-refractivity contribution in [2.75, 3.05) is 5.32 Å². The molecule has 0 bridgehead atoms. The summed E-state index contributed by atoms with van der Waals surface area (Å²) >= 11 is 2.65. The number of fused-ring (bicyclic) bond motifs is 1. The average Bonchev–Trinajstić information content (AvgIpc) is 3.06. The van der Waals surface area contributed by atoms with E-state index in [0.29, 0.717) is 5.13 Å². The highest BCUT2D eigenvalue weighted by Gasteiger charge is 2.24. The molecule has 0 atom stereocenters. The Bertz CT molecular complexity index is 1130. The van der Waals surface area contributed by atoms with Crippen molar-refractivity contribution >= 4 is 50.0 Å². The van der Waals surface area contributed by atoms with Crippen molar-refractivity contribution in [1.29, 1.82) is 0 Å². The van der Waals surface area contributed by atoms with Gasteiger partial charge in [0.1, 0.15) is 6.33 Å². The van der Waals surface area contributed by atoms with Gasteiger partial charge in [0.05, 0.1) is 15.1 Å². The van der Waals surface area contributed by atoms with Crippen molar-refractivity contribution in [3.05, 3.63) is 70.5 Å². The number of rotatable bonds is 5. The molecule has 4 rings (SSSR count).